The fourth-order valence-electron chi connectivity index (χ4n) is 8.87. The molecule has 4 heterocycles. The fourth-order valence-corrected chi connectivity index (χ4v) is 8.87. The van der Waals surface area contributed by atoms with E-state index in [1.807, 2.05) is 54.7 Å². The molecule has 14 heteroatoms. The van der Waals surface area contributed by atoms with Crippen molar-refractivity contribution >= 4 is 34.8 Å². The highest BCUT2D eigenvalue weighted by molar-refractivity contribution is 5.91. The Bertz CT molecular complexity index is 2770. The lowest BCUT2D eigenvalue weighted by molar-refractivity contribution is -0.135. The van der Waals surface area contributed by atoms with Gasteiger partial charge in [-0.15, -0.1) is 0 Å². The van der Waals surface area contributed by atoms with E-state index in [0.29, 0.717) is 35.9 Å². The molecule has 0 saturated carbocycles. The topological polar surface area (TPSA) is 186 Å². The molecule has 2 aromatic heterocycles. The Morgan fingerprint density at radius 1 is 0.619 bits per heavy atom. The number of benzene rings is 5. The Hall–Kier alpha value is -7.74. The minimum Gasteiger partial charge on any atom is -0.465 e. The second-order valence-electron chi connectivity index (χ2n) is 15.9. The lowest BCUT2D eigenvalue weighted by Crippen LogP contribution is -2.42. The van der Waals surface area contributed by atoms with Crippen LogP contribution in [0.4, 0.5) is 9.59 Å². The molecule has 2 fully saturated rings. The van der Waals surface area contributed by atoms with Crippen LogP contribution in [0.1, 0.15) is 72.6 Å². The number of rotatable bonds is 11. The van der Waals surface area contributed by atoms with Gasteiger partial charge in [0.05, 0.1) is 43.0 Å². The highest BCUT2D eigenvalue weighted by atomic mass is 16.5. The van der Waals surface area contributed by atoms with Crippen LogP contribution < -0.4 is 10.6 Å². The molecule has 0 bridgehead atoms. The fraction of sp³-hybridized carbons (Fsp3) is 0.224. The van der Waals surface area contributed by atoms with Crippen molar-refractivity contribution in [1.29, 1.82) is 0 Å². The SMILES string of the molecule is COC(=O)NC(C(=O)N1CCCC1c1ncc(-c2ccc3cc(-c4ccc(-c5cnc(C6CCCN6C(=O)C(NC(=O)O)c6ccccc6)[nH]5)cc4)ccc3c2)[nH]1)c1ccccc1. The number of nitrogens with zero attached hydrogens (tertiary/aromatic N) is 4. The average molecular weight is 843 g/mol. The van der Waals surface area contributed by atoms with Crippen LogP contribution >= 0.6 is 0 Å². The number of carbonyl (C=O) groups is 4. The van der Waals surface area contributed by atoms with Crippen LogP contribution in [-0.2, 0) is 14.3 Å². The van der Waals surface area contributed by atoms with Crippen molar-refractivity contribution in [1.82, 2.24) is 40.4 Å². The molecule has 0 spiro atoms. The summed E-state index contributed by atoms with van der Waals surface area (Å²) >= 11 is 0. The van der Waals surface area contributed by atoms with Crippen LogP contribution in [0.2, 0.25) is 0 Å². The maximum Gasteiger partial charge on any atom is 0.407 e. The van der Waals surface area contributed by atoms with E-state index in [1.165, 1.54) is 7.11 Å². The van der Waals surface area contributed by atoms with Crippen molar-refractivity contribution in [2.75, 3.05) is 20.2 Å². The molecular weight excluding hydrogens is 797 g/mol. The number of nitrogens with one attached hydrogen (secondary N) is 4. The third-order valence-electron chi connectivity index (χ3n) is 12.0. The molecule has 2 saturated heterocycles. The van der Waals surface area contributed by atoms with Crippen LogP contribution in [-0.4, -0.2) is 79.0 Å². The van der Waals surface area contributed by atoms with Crippen LogP contribution in [0.25, 0.3) is 44.4 Å². The summed E-state index contributed by atoms with van der Waals surface area (Å²) in [7, 11) is 1.28. The Labute approximate surface area is 363 Å². The van der Waals surface area contributed by atoms with Gasteiger partial charge in [-0.25, -0.2) is 19.6 Å². The number of fused-ring (bicyclic) bond motifs is 1. The second-order valence-corrected chi connectivity index (χ2v) is 15.9. The number of imidazole rings is 2. The number of alkyl carbamates (subject to hydrolysis) is 1. The van der Waals surface area contributed by atoms with Gasteiger partial charge in [0, 0.05) is 18.7 Å². The molecule has 0 aliphatic carbocycles. The summed E-state index contributed by atoms with van der Waals surface area (Å²) in [6.07, 6.45) is 4.71. The van der Waals surface area contributed by atoms with Crippen molar-refractivity contribution in [3.05, 3.63) is 156 Å². The molecule has 63 heavy (non-hydrogen) atoms. The molecule has 4 amide bonds. The maximum absolute atomic E-state index is 14.0. The number of amides is 4. The van der Waals surface area contributed by atoms with Crippen LogP contribution in [0, 0.1) is 0 Å². The first-order chi connectivity index (χ1) is 30.7. The number of methoxy groups -OCH3 is 1. The Morgan fingerprint density at radius 2 is 1.08 bits per heavy atom. The van der Waals surface area contributed by atoms with Crippen molar-refractivity contribution in [3.8, 4) is 33.6 Å². The number of aromatic amines is 2. The zero-order valence-corrected chi connectivity index (χ0v) is 34.5. The van der Waals surface area contributed by atoms with Gasteiger partial charge in [-0.3, -0.25) is 9.59 Å². The van der Waals surface area contributed by atoms with Gasteiger partial charge in [0.1, 0.15) is 23.7 Å². The summed E-state index contributed by atoms with van der Waals surface area (Å²) in [5, 5.41) is 16.8. The molecule has 318 valence electrons. The largest absolute Gasteiger partial charge is 0.465 e. The quantitative estimate of drug-likeness (QED) is 0.0856. The summed E-state index contributed by atoms with van der Waals surface area (Å²) in [6, 6.07) is 36.5. The van der Waals surface area contributed by atoms with E-state index in [4.69, 9.17) is 9.72 Å². The first-order valence-electron chi connectivity index (χ1n) is 21.0. The van der Waals surface area contributed by atoms with E-state index in [-0.39, 0.29) is 23.9 Å². The van der Waals surface area contributed by atoms with Crippen LogP contribution in [0.3, 0.4) is 0 Å². The molecule has 5 N–H and O–H groups in total. The number of ether oxygens (including phenoxy) is 1. The van der Waals surface area contributed by atoms with Crippen molar-refractivity contribution in [2.45, 2.75) is 49.9 Å². The minimum absolute atomic E-state index is 0.216. The summed E-state index contributed by atoms with van der Waals surface area (Å²) in [6.45, 7) is 1.06. The molecule has 4 atom stereocenters. The van der Waals surface area contributed by atoms with Crippen molar-refractivity contribution in [2.24, 2.45) is 0 Å². The van der Waals surface area contributed by atoms with Gasteiger partial charge in [-0.05, 0) is 76.4 Å². The molecule has 2 aliphatic heterocycles. The molecule has 9 rings (SSSR count). The number of aromatic nitrogens is 4. The van der Waals surface area contributed by atoms with E-state index < -0.39 is 24.3 Å². The van der Waals surface area contributed by atoms with E-state index in [9.17, 15) is 24.3 Å². The Balaban J connectivity index is 0.876. The predicted molar refractivity (Wildman–Crippen MR) is 237 cm³/mol. The third kappa shape index (κ3) is 8.47. The number of carbonyl (C=O) groups excluding carboxylic acids is 3. The zero-order chi connectivity index (χ0) is 43.5. The van der Waals surface area contributed by atoms with Gasteiger partial charge >= 0.3 is 12.2 Å². The van der Waals surface area contributed by atoms with E-state index in [0.717, 1.165) is 70.1 Å². The number of hydrogen-bond donors (Lipinski definition) is 5. The number of H-pyrrole nitrogens is 2. The third-order valence-corrected chi connectivity index (χ3v) is 12.0. The van der Waals surface area contributed by atoms with E-state index >= 15 is 0 Å². The zero-order valence-electron chi connectivity index (χ0n) is 34.5. The molecule has 4 unspecified atom stereocenters. The highest BCUT2D eigenvalue weighted by Crippen LogP contribution is 2.37. The molecule has 7 aromatic rings. The molecule has 0 radical (unpaired) electrons. The summed E-state index contributed by atoms with van der Waals surface area (Å²) < 4.78 is 4.84. The molecule has 2 aliphatic rings. The second kappa shape index (κ2) is 17.7. The van der Waals surface area contributed by atoms with E-state index in [2.05, 4.69) is 74.1 Å². The first kappa shape index (κ1) is 40.7. The van der Waals surface area contributed by atoms with E-state index in [1.54, 1.807) is 40.3 Å². The predicted octanol–water partition coefficient (Wildman–Crippen LogP) is 8.72. The average Bonchev–Trinajstić information content (AvgIpc) is 4.17. The molecule has 5 aromatic carbocycles. The van der Waals surface area contributed by atoms with Crippen molar-refractivity contribution in [3.63, 3.8) is 0 Å². The standard InChI is InChI=1S/C49H46N8O6/c1-63-49(62)55-43(33-12-6-3-7-13-33)47(59)57-25-9-15-41(57)45-51-29-39(53-45)37-23-22-35-26-34(20-21-36(35)27-37)30-16-18-31(19-17-30)38-28-50-44(52-38)40-14-8-24-56(40)46(58)42(54-48(60)61)32-10-4-2-5-11-32/h2-7,10-13,16-23,26-29,40-43,54H,8-9,14-15,24-25H2,1H3,(H,50,52)(H,51,53)(H,55,62)(H,60,61). The minimum atomic E-state index is -1.26. The molecular formula is C49H46N8O6. The number of likely N-dealkylation sites (tertiary alicyclic amines) is 2. The normalized spacial score (nSPS) is 17.0. The lowest BCUT2D eigenvalue weighted by atomic mass is 9.98. The summed E-state index contributed by atoms with van der Waals surface area (Å²) in [5.41, 5.74) is 6.98. The van der Waals surface area contributed by atoms with Crippen LogP contribution in [0.15, 0.2) is 134 Å². The Morgan fingerprint density at radius 3 is 1.60 bits per heavy atom. The lowest BCUT2D eigenvalue weighted by Gasteiger charge is -2.28. The van der Waals surface area contributed by atoms with Gasteiger partial charge in [0.25, 0.3) is 11.8 Å². The van der Waals surface area contributed by atoms with Gasteiger partial charge in [-0.1, -0.05) is 109 Å². The number of hydrogen-bond acceptors (Lipinski definition) is 7. The highest BCUT2D eigenvalue weighted by Gasteiger charge is 2.38. The number of carboxylic acid groups (broad SMARTS) is 1. The van der Waals surface area contributed by atoms with Gasteiger partial charge < -0.3 is 40.2 Å². The first-order valence-corrected chi connectivity index (χ1v) is 21.0. The van der Waals surface area contributed by atoms with Gasteiger partial charge in [0.2, 0.25) is 0 Å². The summed E-state index contributed by atoms with van der Waals surface area (Å²) in [4.78, 5) is 71.5. The monoisotopic (exact) mass is 842 g/mol. The smallest absolute Gasteiger partial charge is 0.407 e. The Kier molecular flexibility index (Phi) is 11.4. The maximum atomic E-state index is 14.0. The summed E-state index contributed by atoms with van der Waals surface area (Å²) in [5.74, 6) is 0.845. The van der Waals surface area contributed by atoms with Gasteiger partial charge in [0.15, 0.2) is 0 Å². The molecule has 14 nitrogen and oxygen atoms in total. The van der Waals surface area contributed by atoms with Crippen molar-refractivity contribution < 1.29 is 29.0 Å². The van der Waals surface area contributed by atoms with Crippen LogP contribution in [0.5, 0.6) is 0 Å². The van der Waals surface area contributed by atoms with Gasteiger partial charge in [-0.2, -0.15) is 0 Å².